The van der Waals surface area contributed by atoms with Crippen LogP contribution in [0.5, 0.6) is 0 Å². The van der Waals surface area contributed by atoms with E-state index in [1.165, 1.54) is 0 Å². The Hall–Kier alpha value is -2.76. The number of aliphatic hydroxyl groups is 1. The zero-order valence-electron chi connectivity index (χ0n) is 17.6. The quantitative estimate of drug-likeness (QED) is 0.428. The van der Waals surface area contributed by atoms with Crippen molar-refractivity contribution < 1.29 is 19.3 Å². The van der Waals surface area contributed by atoms with Gasteiger partial charge in [0.05, 0.1) is 6.61 Å². The Morgan fingerprint density at radius 2 is 1.26 bits per heavy atom. The number of rotatable bonds is 8. The van der Waals surface area contributed by atoms with E-state index in [9.17, 15) is 5.11 Å². The lowest BCUT2D eigenvalue weighted by molar-refractivity contribution is -0.191. The van der Waals surface area contributed by atoms with Gasteiger partial charge in [0.1, 0.15) is 17.8 Å². The molecule has 3 aromatic rings. The maximum atomic E-state index is 10.5. The van der Waals surface area contributed by atoms with Gasteiger partial charge in [-0.1, -0.05) is 97.1 Å². The summed E-state index contributed by atoms with van der Waals surface area (Å²) in [6.07, 6.45) is 1.66. The van der Waals surface area contributed by atoms with Crippen LogP contribution in [0.15, 0.2) is 103 Å². The number of hydrogen-bond donors (Lipinski definition) is 1. The van der Waals surface area contributed by atoms with Gasteiger partial charge in [-0.05, 0) is 29.7 Å². The van der Waals surface area contributed by atoms with E-state index in [1.807, 2.05) is 61.5 Å². The first-order valence-electron chi connectivity index (χ1n) is 10.7. The normalized spacial score (nSPS) is 21.2. The molecule has 0 fully saturated rings. The Morgan fingerprint density at radius 3 is 1.71 bits per heavy atom. The fourth-order valence-electron chi connectivity index (χ4n) is 4.00. The molecule has 1 aliphatic heterocycles. The summed E-state index contributed by atoms with van der Waals surface area (Å²) >= 11 is 0. The molecule has 3 aromatic carbocycles. The molecule has 31 heavy (non-hydrogen) atoms. The smallest absolute Gasteiger partial charge is 0.177 e. The molecule has 0 saturated heterocycles. The molecule has 1 aliphatic rings. The minimum atomic E-state index is -0.852. The summed E-state index contributed by atoms with van der Waals surface area (Å²) in [7, 11) is 0. The Bertz CT molecular complexity index is 860. The molecule has 4 nitrogen and oxygen atoms in total. The van der Waals surface area contributed by atoms with Crippen molar-refractivity contribution in [3.8, 4) is 0 Å². The Morgan fingerprint density at radius 1 is 0.774 bits per heavy atom. The van der Waals surface area contributed by atoms with Gasteiger partial charge in [-0.15, -0.1) is 0 Å². The van der Waals surface area contributed by atoms with E-state index in [0.717, 1.165) is 16.7 Å². The van der Waals surface area contributed by atoms with Crippen LogP contribution in [0.3, 0.4) is 0 Å². The van der Waals surface area contributed by atoms with Crippen molar-refractivity contribution >= 4 is 0 Å². The monoisotopic (exact) mass is 416 g/mol. The van der Waals surface area contributed by atoms with E-state index in [0.29, 0.717) is 6.61 Å². The predicted molar refractivity (Wildman–Crippen MR) is 121 cm³/mol. The van der Waals surface area contributed by atoms with Crippen molar-refractivity contribution in [2.45, 2.75) is 31.0 Å². The van der Waals surface area contributed by atoms with Crippen LogP contribution in [-0.4, -0.2) is 36.8 Å². The second-order valence-corrected chi connectivity index (χ2v) is 7.46. The maximum Gasteiger partial charge on any atom is 0.177 e. The van der Waals surface area contributed by atoms with Crippen molar-refractivity contribution in [3.63, 3.8) is 0 Å². The second-order valence-electron chi connectivity index (χ2n) is 7.46. The highest BCUT2D eigenvalue weighted by Gasteiger charge is 2.39. The molecule has 1 N–H and O–H groups in total. The van der Waals surface area contributed by atoms with Gasteiger partial charge in [0.15, 0.2) is 6.29 Å². The highest BCUT2D eigenvalue weighted by atomic mass is 16.7. The third-order valence-electron chi connectivity index (χ3n) is 5.49. The fraction of sp³-hybridized carbons (Fsp3) is 0.259. The molecule has 0 spiro atoms. The van der Waals surface area contributed by atoms with Crippen LogP contribution in [-0.2, 0) is 19.8 Å². The number of hydrogen-bond acceptors (Lipinski definition) is 4. The van der Waals surface area contributed by atoms with Gasteiger partial charge in [-0.25, -0.2) is 0 Å². The van der Waals surface area contributed by atoms with Gasteiger partial charge in [-0.3, -0.25) is 0 Å². The number of ether oxygens (including phenoxy) is 3. The maximum absolute atomic E-state index is 10.5. The van der Waals surface area contributed by atoms with Crippen LogP contribution in [0.1, 0.15) is 23.6 Å². The van der Waals surface area contributed by atoms with Gasteiger partial charge in [-0.2, -0.15) is 0 Å². The van der Waals surface area contributed by atoms with Gasteiger partial charge >= 0.3 is 0 Å². The summed E-state index contributed by atoms with van der Waals surface area (Å²) in [5.74, 6) is 0. The molecular formula is C27H28O4. The lowest BCUT2D eigenvalue weighted by Crippen LogP contribution is -2.43. The number of aliphatic hydroxyl groups excluding tert-OH is 1. The third-order valence-corrected chi connectivity index (χ3v) is 5.49. The van der Waals surface area contributed by atoms with Crippen molar-refractivity contribution in [2.75, 3.05) is 13.2 Å². The topological polar surface area (TPSA) is 47.9 Å². The van der Waals surface area contributed by atoms with Gasteiger partial charge in [0.25, 0.3) is 0 Å². The molecule has 0 unspecified atom stereocenters. The minimum Gasteiger partial charge on any atom is -0.386 e. The Balaban J connectivity index is 1.75. The standard InChI is InChI=1S/C27H28O4/c1-2-29-26-19-18-24(28)25(31-26)20-30-27(21-12-6-3-7-13-21,22-14-8-4-9-15-22)23-16-10-5-11-17-23/h3-19,24-26,28H,2,20H2,1H3/t24-,25+,26-/m0/s1. The first kappa shape index (κ1) is 21.5. The van der Waals surface area contributed by atoms with Crippen LogP contribution < -0.4 is 0 Å². The van der Waals surface area contributed by atoms with E-state index in [4.69, 9.17) is 14.2 Å². The van der Waals surface area contributed by atoms with E-state index >= 15 is 0 Å². The average molecular weight is 417 g/mol. The summed E-state index contributed by atoms with van der Waals surface area (Å²) in [4.78, 5) is 0. The lowest BCUT2D eigenvalue weighted by Gasteiger charge is -2.38. The largest absolute Gasteiger partial charge is 0.386 e. The van der Waals surface area contributed by atoms with Crippen LogP contribution in [0.2, 0.25) is 0 Å². The Labute approximate surface area is 183 Å². The Kier molecular flexibility index (Phi) is 6.95. The highest BCUT2D eigenvalue weighted by molar-refractivity contribution is 5.47. The lowest BCUT2D eigenvalue weighted by atomic mass is 9.80. The first-order chi connectivity index (χ1) is 15.2. The van der Waals surface area contributed by atoms with Crippen LogP contribution in [0.4, 0.5) is 0 Å². The summed E-state index contributed by atoms with van der Waals surface area (Å²) in [5, 5.41) is 10.5. The average Bonchev–Trinajstić information content (AvgIpc) is 2.83. The summed E-state index contributed by atoms with van der Waals surface area (Å²) in [5.41, 5.74) is 2.17. The molecule has 160 valence electrons. The van der Waals surface area contributed by atoms with E-state index in [-0.39, 0.29) is 6.61 Å². The van der Waals surface area contributed by atoms with Crippen LogP contribution >= 0.6 is 0 Å². The molecule has 0 aliphatic carbocycles. The van der Waals surface area contributed by atoms with Crippen molar-refractivity contribution in [3.05, 3.63) is 120 Å². The fourth-order valence-corrected chi connectivity index (χ4v) is 4.00. The van der Waals surface area contributed by atoms with Crippen LogP contribution in [0, 0.1) is 0 Å². The van der Waals surface area contributed by atoms with Gasteiger partial charge in [0.2, 0.25) is 0 Å². The molecular weight excluding hydrogens is 388 g/mol. The minimum absolute atomic E-state index is 0.188. The van der Waals surface area contributed by atoms with Crippen LogP contribution in [0.25, 0.3) is 0 Å². The zero-order chi connectivity index (χ0) is 21.5. The molecule has 3 atom stereocenters. The molecule has 0 bridgehead atoms. The summed E-state index contributed by atoms with van der Waals surface area (Å²) in [6.45, 7) is 2.63. The third kappa shape index (κ3) is 4.63. The molecule has 1 heterocycles. The molecule has 0 saturated carbocycles. The molecule has 4 rings (SSSR count). The van der Waals surface area contributed by atoms with E-state index in [2.05, 4.69) is 36.4 Å². The van der Waals surface area contributed by atoms with E-state index < -0.39 is 24.1 Å². The second kappa shape index (κ2) is 10.0. The van der Waals surface area contributed by atoms with Gasteiger partial charge < -0.3 is 19.3 Å². The van der Waals surface area contributed by atoms with Crippen molar-refractivity contribution in [1.29, 1.82) is 0 Å². The van der Waals surface area contributed by atoms with Crippen molar-refractivity contribution in [1.82, 2.24) is 0 Å². The molecule has 0 radical (unpaired) electrons. The number of benzene rings is 3. The highest BCUT2D eigenvalue weighted by Crippen LogP contribution is 2.40. The molecule has 4 heteroatoms. The SMILES string of the molecule is CCO[C@@H]1C=C[C@H](O)[C@@H](COC(c2ccccc2)(c2ccccc2)c2ccccc2)O1. The van der Waals surface area contributed by atoms with E-state index in [1.54, 1.807) is 12.2 Å². The van der Waals surface area contributed by atoms with Crippen molar-refractivity contribution in [2.24, 2.45) is 0 Å². The zero-order valence-corrected chi connectivity index (χ0v) is 17.6. The first-order valence-corrected chi connectivity index (χ1v) is 10.7. The predicted octanol–water partition coefficient (Wildman–Crippen LogP) is 4.67. The molecule has 0 amide bonds. The summed E-state index contributed by atoms with van der Waals surface area (Å²) < 4.78 is 18.3. The molecule has 0 aromatic heterocycles. The summed E-state index contributed by atoms with van der Waals surface area (Å²) in [6, 6.07) is 30.5. The van der Waals surface area contributed by atoms with Gasteiger partial charge in [0, 0.05) is 6.61 Å².